The summed E-state index contributed by atoms with van der Waals surface area (Å²) in [5.41, 5.74) is 0. The van der Waals surface area contributed by atoms with Gasteiger partial charge in [0, 0.05) is 12.3 Å². The largest absolute Gasteiger partial charge is 0.393 e. The van der Waals surface area contributed by atoms with Crippen molar-refractivity contribution in [3.8, 4) is 0 Å². The first-order valence-corrected chi connectivity index (χ1v) is 5.67. The van der Waals surface area contributed by atoms with E-state index in [1.165, 1.54) is 0 Å². The van der Waals surface area contributed by atoms with Crippen molar-refractivity contribution >= 4 is 0 Å². The highest BCUT2D eigenvalue weighted by Crippen LogP contribution is 2.55. The van der Waals surface area contributed by atoms with E-state index in [4.69, 9.17) is 9.47 Å². The summed E-state index contributed by atoms with van der Waals surface area (Å²) in [6.45, 7) is 3.70. The van der Waals surface area contributed by atoms with Gasteiger partial charge in [-0.05, 0) is 24.7 Å². The molecule has 3 aliphatic rings. The maximum absolute atomic E-state index is 9.60. The smallest absolute Gasteiger partial charge is 0.171 e. The lowest BCUT2D eigenvalue weighted by molar-refractivity contribution is -0.184. The maximum Gasteiger partial charge on any atom is 0.171 e. The molecule has 4 atom stereocenters. The summed E-state index contributed by atoms with van der Waals surface area (Å²) in [5, 5.41) is 9.60. The lowest BCUT2D eigenvalue weighted by Gasteiger charge is -2.29. The van der Waals surface area contributed by atoms with Gasteiger partial charge in [0.15, 0.2) is 5.79 Å². The third-order valence-electron chi connectivity index (χ3n) is 4.38. The van der Waals surface area contributed by atoms with Gasteiger partial charge in [-0.15, -0.1) is 0 Å². The molecule has 1 aliphatic heterocycles. The molecular formula is C11H18O3. The fourth-order valence-electron chi connectivity index (χ4n) is 3.70. The Labute approximate surface area is 84.4 Å². The van der Waals surface area contributed by atoms with Crippen LogP contribution in [0.3, 0.4) is 0 Å². The Balaban J connectivity index is 1.82. The van der Waals surface area contributed by atoms with Gasteiger partial charge in [-0.1, -0.05) is 6.92 Å². The van der Waals surface area contributed by atoms with Crippen LogP contribution in [0.2, 0.25) is 0 Å². The second kappa shape index (κ2) is 2.94. The number of fused-ring (bicyclic) bond motifs is 1. The van der Waals surface area contributed by atoms with Crippen LogP contribution in [-0.4, -0.2) is 30.2 Å². The van der Waals surface area contributed by atoms with Crippen LogP contribution in [-0.2, 0) is 9.47 Å². The van der Waals surface area contributed by atoms with E-state index in [0.29, 0.717) is 17.8 Å². The lowest BCUT2D eigenvalue weighted by Crippen LogP contribution is -2.35. The Morgan fingerprint density at radius 2 is 1.93 bits per heavy atom. The highest BCUT2D eigenvalue weighted by molar-refractivity contribution is 5.01. The van der Waals surface area contributed by atoms with E-state index in [1.54, 1.807) is 0 Å². The van der Waals surface area contributed by atoms with Crippen molar-refractivity contribution < 1.29 is 14.6 Å². The Morgan fingerprint density at radius 1 is 1.21 bits per heavy atom. The first-order valence-electron chi connectivity index (χ1n) is 5.67. The minimum atomic E-state index is -0.282. The molecule has 3 nitrogen and oxygen atoms in total. The Kier molecular flexibility index (Phi) is 1.92. The van der Waals surface area contributed by atoms with E-state index < -0.39 is 0 Å². The monoisotopic (exact) mass is 198 g/mol. The van der Waals surface area contributed by atoms with Crippen LogP contribution in [0.25, 0.3) is 0 Å². The molecule has 1 N–H and O–H groups in total. The number of rotatable bonds is 0. The van der Waals surface area contributed by atoms with E-state index in [9.17, 15) is 5.11 Å². The number of hydrogen-bond acceptors (Lipinski definition) is 3. The van der Waals surface area contributed by atoms with Gasteiger partial charge in [-0.2, -0.15) is 0 Å². The quantitative estimate of drug-likeness (QED) is 0.634. The molecule has 3 fully saturated rings. The predicted octanol–water partition coefficient (Wildman–Crippen LogP) is 1.16. The molecule has 0 aromatic carbocycles. The third kappa shape index (κ3) is 1.09. The normalized spacial score (nSPS) is 50.1. The summed E-state index contributed by atoms with van der Waals surface area (Å²) < 4.78 is 11.6. The van der Waals surface area contributed by atoms with E-state index >= 15 is 0 Å². The van der Waals surface area contributed by atoms with Gasteiger partial charge in [0.25, 0.3) is 0 Å². The predicted molar refractivity (Wildman–Crippen MR) is 50.6 cm³/mol. The number of aliphatic hydroxyl groups is 1. The molecule has 0 aromatic rings. The molecule has 3 rings (SSSR count). The van der Waals surface area contributed by atoms with Gasteiger partial charge in [0.2, 0.25) is 0 Å². The highest BCUT2D eigenvalue weighted by atomic mass is 16.7. The second-order valence-corrected chi connectivity index (χ2v) is 5.05. The first kappa shape index (κ1) is 9.13. The van der Waals surface area contributed by atoms with E-state index in [-0.39, 0.29) is 11.9 Å². The SMILES string of the molecule is C[C@H]1[C@H]2CC(O)C[C@H]2CC12OCCO2. The average molecular weight is 198 g/mol. The zero-order valence-corrected chi connectivity index (χ0v) is 8.61. The summed E-state index contributed by atoms with van der Waals surface area (Å²) in [5.74, 6) is 1.41. The zero-order valence-electron chi connectivity index (χ0n) is 8.61. The molecule has 1 unspecified atom stereocenters. The fourth-order valence-corrected chi connectivity index (χ4v) is 3.70. The third-order valence-corrected chi connectivity index (χ3v) is 4.38. The molecule has 1 spiro atoms. The van der Waals surface area contributed by atoms with Crippen molar-refractivity contribution in [2.45, 2.75) is 38.1 Å². The van der Waals surface area contributed by atoms with Crippen LogP contribution in [0.1, 0.15) is 26.2 Å². The molecule has 0 radical (unpaired) electrons. The molecule has 80 valence electrons. The van der Waals surface area contributed by atoms with Crippen LogP contribution < -0.4 is 0 Å². The highest BCUT2D eigenvalue weighted by Gasteiger charge is 2.57. The van der Waals surface area contributed by atoms with Crippen LogP contribution in [0.4, 0.5) is 0 Å². The Hall–Kier alpha value is -0.120. The van der Waals surface area contributed by atoms with Gasteiger partial charge in [-0.25, -0.2) is 0 Å². The summed E-state index contributed by atoms with van der Waals surface area (Å²) in [4.78, 5) is 0. The number of ether oxygens (including phenoxy) is 2. The molecule has 0 amide bonds. The minimum Gasteiger partial charge on any atom is -0.393 e. The lowest BCUT2D eigenvalue weighted by atomic mass is 9.92. The second-order valence-electron chi connectivity index (χ2n) is 5.05. The number of hydrogen-bond donors (Lipinski definition) is 1. The molecule has 14 heavy (non-hydrogen) atoms. The van der Waals surface area contributed by atoms with Crippen molar-refractivity contribution in [3.05, 3.63) is 0 Å². The van der Waals surface area contributed by atoms with Crippen LogP contribution in [0.5, 0.6) is 0 Å². The fraction of sp³-hybridized carbons (Fsp3) is 1.00. The average Bonchev–Trinajstić information content (AvgIpc) is 2.77. The van der Waals surface area contributed by atoms with Crippen molar-refractivity contribution in [1.29, 1.82) is 0 Å². The van der Waals surface area contributed by atoms with Crippen molar-refractivity contribution in [2.75, 3.05) is 13.2 Å². The first-order chi connectivity index (χ1) is 6.71. The van der Waals surface area contributed by atoms with Gasteiger partial charge in [0.05, 0.1) is 19.3 Å². The number of aliphatic hydroxyl groups excluding tert-OH is 1. The molecular weight excluding hydrogens is 180 g/mol. The van der Waals surface area contributed by atoms with Crippen molar-refractivity contribution in [1.82, 2.24) is 0 Å². The van der Waals surface area contributed by atoms with Crippen LogP contribution in [0, 0.1) is 17.8 Å². The van der Waals surface area contributed by atoms with Crippen molar-refractivity contribution in [2.24, 2.45) is 17.8 Å². The topological polar surface area (TPSA) is 38.7 Å². The van der Waals surface area contributed by atoms with Gasteiger partial charge in [0.1, 0.15) is 0 Å². The van der Waals surface area contributed by atoms with E-state index in [2.05, 4.69) is 6.92 Å². The van der Waals surface area contributed by atoms with E-state index in [0.717, 1.165) is 32.5 Å². The molecule has 1 heterocycles. The van der Waals surface area contributed by atoms with E-state index in [1.807, 2.05) is 0 Å². The van der Waals surface area contributed by atoms with Crippen LogP contribution >= 0.6 is 0 Å². The zero-order chi connectivity index (χ0) is 9.76. The summed E-state index contributed by atoms with van der Waals surface area (Å²) in [6, 6.07) is 0. The summed E-state index contributed by atoms with van der Waals surface area (Å²) in [7, 11) is 0. The Morgan fingerprint density at radius 3 is 2.57 bits per heavy atom. The molecule has 0 aromatic heterocycles. The van der Waals surface area contributed by atoms with Gasteiger partial charge < -0.3 is 14.6 Å². The molecule has 0 bridgehead atoms. The van der Waals surface area contributed by atoms with Gasteiger partial charge in [-0.3, -0.25) is 0 Å². The summed E-state index contributed by atoms with van der Waals surface area (Å²) in [6.07, 6.45) is 2.81. The molecule has 1 saturated heterocycles. The Bertz CT molecular complexity index is 235. The van der Waals surface area contributed by atoms with Crippen LogP contribution in [0.15, 0.2) is 0 Å². The van der Waals surface area contributed by atoms with Crippen molar-refractivity contribution in [3.63, 3.8) is 0 Å². The summed E-state index contributed by atoms with van der Waals surface area (Å²) >= 11 is 0. The maximum atomic E-state index is 9.60. The molecule has 3 heteroatoms. The molecule has 2 aliphatic carbocycles. The van der Waals surface area contributed by atoms with Gasteiger partial charge >= 0.3 is 0 Å². The standard InChI is InChI=1S/C11H18O3/c1-7-10-5-9(12)4-8(10)6-11(7)13-2-3-14-11/h7-10,12H,2-6H2,1H3/t7-,8-,9?,10+/m0/s1. The minimum absolute atomic E-state index is 0.0776. The molecule has 2 saturated carbocycles.